The molecule has 0 aromatic heterocycles. The Balaban J connectivity index is 1.08. The molecule has 0 radical (unpaired) electrons. The first-order chi connectivity index (χ1) is 24.7. The zero-order valence-electron chi connectivity index (χ0n) is 32.6. The number of ether oxygens (including phenoxy) is 6. The highest BCUT2D eigenvalue weighted by Gasteiger charge is 2.64. The lowest BCUT2D eigenvalue weighted by Crippen LogP contribution is -2.59. The van der Waals surface area contributed by atoms with Gasteiger partial charge in [-0.25, -0.2) is 0 Å². The van der Waals surface area contributed by atoms with Crippen molar-refractivity contribution >= 4 is 0 Å². The van der Waals surface area contributed by atoms with Gasteiger partial charge in [0.2, 0.25) is 0 Å². The molecular weight excluding hydrogens is 672 g/mol. The Labute approximate surface area is 310 Å². The van der Waals surface area contributed by atoms with Crippen molar-refractivity contribution in [2.75, 3.05) is 34.0 Å². The number of rotatable bonds is 13. The fourth-order valence-corrected chi connectivity index (χ4v) is 12.4. The third kappa shape index (κ3) is 7.52. The van der Waals surface area contributed by atoms with Crippen molar-refractivity contribution in [1.82, 2.24) is 0 Å². The Morgan fingerprint density at radius 2 is 1.52 bits per heavy atom. The fourth-order valence-electron chi connectivity index (χ4n) is 12.4. The summed E-state index contributed by atoms with van der Waals surface area (Å²) in [6.07, 6.45) is -0.450. The second-order valence-electron chi connectivity index (χ2n) is 18.5. The second kappa shape index (κ2) is 16.5. The van der Waals surface area contributed by atoms with Gasteiger partial charge in [0.15, 0.2) is 12.6 Å². The maximum Gasteiger partial charge on any atom is 0.187 e. The molecule has 302 valence electrons. The average molecular weight is 743 g/mol. The number of hydrogen-bond donors (Lipinski definition) is 6. The van der Waals surface area contributed by atoms with Crippen LogP contribution < -0.4 is 0 Å². The topological polar surface area (TPSA) is 177 Å². The maximum atomic E-state index is 11.8. The molecule has 0 bridgehead atoms. The van der Waals surface area contributed by atoms with Gasteiger partial charge in [0.1, 0.15) is 36.6 Å². The molecule has 20 atom stereocenters. The molecule has 0 aromatic rings. The molecule has 2 saturated heterocycles. The van der Waals surface area contributed by atoms with Crippen molar-refractivity contribution in [1.29, 1.82) is 0 Å². The van der Waals surface area contributed by atoms with E-state index in [-0.39, 0.29) is 47.4 Å². The molecule has 0 spiro atoms. The van der Waals surface area contributed by atoms with E-state index in [1.807, 2.05) is 0 Å². The van der Waals surface area contributed by atoms with E-state index in [2.05, 4.69) is 34.6 Å². The number of aliphatic hydroxyl groups excluding tert-OH is 6. The molecular formula is C40H70O12. The Morgan fingerprint density at radius 3 is 2.19 bits per heavy atom. The van der Waals surface area contributed by atoms with Crippen molar-refractivity contribution in [2.24, 2.45) is 58.2 Å². The summed E-state index contributed by atoms with van der Waals surface area (Å²) in [7, 11) is 2.93. The monoisotopic (exact) mass is 742 g/mol. The van der Waals surface area contributed by atoms with Gasteiger partial charge in [-0.3, -0.25) is 0 Å². The van der Waals surface area contributed by atoms with Crippen molar-refractivity contribution in [3.63, 3.8) is 0 Å². The molecule has 12 nitrogen and oxygen atoms in total. The summed E-state index contributed by atoms with van der Waals surface area (Å²) in [6.45, 7) is 11.5. The van der Waals surface area contributed by atoms with Crippen LogP contribution in [-0.4, -0.2) is 132 Å². The van der Waals surface area contributed by atoms with Crippen LogP contribution in [-0.2, 0) is 28.4 Å². The number of aliphatic hydroxyl groups is 6. The van der Waals surface area contributed by atoms with Gasteiger partial charge in [0.05, 0.1) is 38.1 Å². The lowest BCUT2D eigenvalue weighted by atomic mass is 9.43. The van der Waals surface area contributed by atoms with Crippen LogP contribution in [0.3, 0.4) is 0 Å². The first-order valence-corrected chi connectivity index (χ1v) is 20.3. The SMILES string of the molecule is COC1COC(OC2C(OCC(CCC(C)C3CC(O)C4C5CC(O)C6CC(O)CCC6(C)C5CCC34C)C(C)C)OC(CO)C2O)C(OC)C1O. The molecule has 6 aliphatic rings. The average Bonchev–Trinajstić information content (AvgIpc) is 3.56. The van der Waals surface area contributed by atoms with Crippen LogP contribution >= 0.6 is 0 Å². The van der Waals surface area contributed by atoms with Gasteiger partial charge in [0, 0.05) is 14.2 Å². The van der Waals surface area contributed by atoms with Crippen LogP contribution in [0.25, 0.3) is 0 Å². The van der Waals surface area contributed by atoms with Crippen LogP contribution in [0.4, 0.5) is 0 Å². The van der Waals surface area contributed by atoms with Crippen molar-refractivity contribution in [2.45, 2.75) is 160 Å². The van der Waals surface area contributed by atoms with Crippen molar-refractivity contribution < 1.29 is 59.1 Å². The highest BCUT2D eigenvalue weighted by atomic mass is 16.8. The quantitative estimate of drug-likeness (QED) is 0.163. The molecule has 4 aliphatic carbocycles. The summed E-state index contributed by atoms with van der Waals surface area (Å²) >= 11 is 0. The first kappa shape index (κ1) is 41.2. The van der Waals surface area contributed by atoms with E-state index in [0.29, 0.717) is 42.6 Å². The van der Waals surface area contributed by atoms with E-state index in [1.54, 1.807) is 0 Å². The van der Waals surface area contributed by atoms with Gasteiger partial charge in [-0.15, -0.1) is 0 Å². The number of methoxy groups -OCH3 is 2. The largest absolute Gasteiger partial charge is 0.394 e. The third-order valence-corrected chi connectivity index (χ3v) is 15.6. The van der Waals surface area contributed by atoms with E-state index in [4.69, 9.17) is 28.4 Å². The van der Waals surface area contributed by atoms with Crippen molar-refractivity contribution in [3.05, 3.63) is 0 Å². The van der Waals surface area contributed by atoms with Crippen LogP contribution in [0.2, 0.25) is 0 Å². The van der Waals surface area contributed by atoms with Crippen LogP contribution in [0.15, 0.2) is 0 Å². The Hall–Kier alpha value is -0.480. The molecule has 12 heteroatoms. The summed E-state index contributed by atoms with van der Waals surface area (Å²) in [4.78, 5) is 0. The third-order valence-electron chi connectivity index (χ3n) is 15.6. The summed E-state index contributed by atoms with van der Waals surface area (Å²) < 4.78 is 35.1. The Bertz CT molecular complexity index is 1160. The van der Waals surface area contributed by atoms with E-state index < -0.39 is 61.9 Å². The Morgan fingerprint density at radius 1 is 0.788 bits per heavy atom. The molecule has 20 unspecified atom stereocenters. The van der Waals surface area contributed by atoms with Crippen LogP contribution in [0.5, 0.6) is 0 Å². The zero-order valence-corrected chi connectivity index (χ0v) is 32.6. The van der Waals surface area contributed by atoms with Gasteiger partial charge in [-0.05, 0) is 110 Å². The predicted molar refractivity (Wildman–Crippen MR) is 191 cm³/mol. The molecule has 52 heavy (non-hydrogen) atoms. The number of fused-ring (bicyclic) bond motifs is 5. The molecule has 6 rings (SSSR count). The second-order valence-corrected chi connectivity index (χ2v) is 18.5. The normalized spacial score (nSPS) is 50.4. The van der Waals surface area contributed by atoms with Crippen LogP contribution in [0.1, 0.15) is 92.4 Å². The van der Waals surface area contributed by atoms with Crippen LogP contribution in [0, 0.1) is 58.2 Å². The lowest BCUT2D eigenvalue weighted by Gasteiger charge is -2.62. The molecule has 2 aliphatic heterocycles. The highest BCUT2D eigenvalue weighted by molar-refractivity contribution is 5.13. The van der Waals surface area contributed by atoms with Crippen molar-refractivity contribution in [3.8, 4) is 0 Å². The minimum Gasteiger partial charge on any atom is -0.394 e. The minimum absolute atomic E-state index is 0.0106. The summed E-state index contributed by atoms with van der Waals surface area (Å²) in [5, 5.41) is 65.3. The lowest BCUT2D eigenvalue weighted by molar-refractivity contribution is -0.310. The van der Waals surface area contributed by atoms with Gasteiger partial charge < -0.3 is 59.1 Å². The molecule has 4 saturated carbocycles. The Kier molecular flexibility index (Phi) is 13.1. The first-order valence-electron chi connectivity index (χ1n) is 20.3. The fraction of sp³-hybridized carbons (Fsp3) is 1.00. The summed E-state index contributed by atoms with van der Waals surface area (Å²) in [6, 6.07) is 0. The number of hydrogen-bond acceptors (Lipinski definition) is 12. The van der Waals surface area contributed by atoms with Gasteiger partial charge in [0.25, 0.3) is 0 Å². The van der Waals surface area contributed by atoms with Gasteiger partial charge in [-0.2, -0.15) is 0 Å². The standard InChI is InChI=1S/C40H70O12/c1-20(2)22(18-49-38-36(33(45)30(17-41)51-38)52-37-35(48-7)34(46)31(47-6)19-50-37)9-8-21(3)26-16-29(44)32-24-15-28(43)27-14-23(42)10-12-39(27,4)25(24)11-13-40(26,32)5/h20-38,41-46H,8-19H2,1-7H3. The predicted octanol–water partition coefficient (Wildman–Crippen LogP) is 2.86. The summed E-state index contributed by atoms with van der Waals surface area (Å²) in [5.41, 5.74) is 0.0249. The van der Waals surface area contributed by atoms with E-state index in [0.717, 1.165) is 51.4 Å². The van der Waals surface area contributed by atoms with E-state index in [1.165, 1.54) is 14.2 Å². The molecule has 0 aromatic carbocycles. The zero-order chi connectivity index (χ0) is 37.7. The molecule has 6 N–H and O–H groups in total. The minimum atomic E-state index is -1.17. The van der Waals surface area contributed by atoms with E-state index >= 15 is 0 Å². The summed E-state index contributed by atoms with van der Waals surface area (Å²) in [5.74, 6) is 2.37. The van der Waals surface area contributed by atoms with Gasteiger partial charge >= 0.3 is 0 Å². The smallest absolute Gasteiger partial charge is 0.187 e. The van der Waals surface area contributed by atoms with Gasteiger partial charge in [-0.1, -0.05) is 41.0 Å². The molecule has 0 amide bonds. The molecule has 2 heterocycles. The molecule has 6 fully saturated rings. The maximum absolute atomic E-state index is 11.8. The van der Waals surface area contributed by atoms with E-state index in [9.17, 15) is 30.6 Å². The highest BCUT2D eigenvalue weighted by Crippen LogP contribution is 2.68.